The van der Waals surface area contributed by atoms with E-state index in [9.17, 15) is 26.4 Å². The molecule has 172 valence electrons. The number of nitrogens with zero attached hydrogens (tertiary/aromatic N) is 4. The number of aromatic nitrogens is 2. The average Bonchev–Trinajstić information content (AvgIpc) is 2.96. The smallest absolute Gasteiger partial charge is 0.369 e. The van der Waals surface area contributed by atoms with Gasteiger partial charge >= 0.3 is 11.9 Å². The lowest BCUT2D eigenvalue weighted by molar-refractivity contribution is -0.137. The molecule has 0 unspecified atom stereocenters. The zero-order chi connectivity index (χ0) is 23.4. The van der Waals surface area contributed by atoms with E-state index in [1.165, 1.54) is 31.6 Å². The fraction of sp³-hybridized carbons (Fsp3) is 0.350. The number of fused-ring (bicyclic) bond motifs is 1. The van der Waals surface area contributed by atoms with Crippen molar-refractivity contribution >= 4 is 38.3 Å². The number of aryl methyl sites for hydroxylation is 2. The lowest BCUT2D eigenvalue weighted by Crippen LogP contribution is -2.48. The fourth-order valence-corrected chi connectivity index (χ4v) is 5.84. The Kier molecular flexibility index (Phi) is 5.54. The first-order valence-electron chi connectivity index (χ1n) is 9.68. The Morgan fingerprint density at radius 2 is 1.53 bits per heavy atom. The normalized spacial score (nSPS) is 16.1. The van der Waals surface area contributed by atoms with Gasteiger partial charge in [0.15, 0.2) is 0 Å². The molecule has 0 bridgehead atoms. The van der Waals surface area contributed by atoms with Crippen LogP contribution >= 0.6 is 11.6 Å². The second kappa shape index (κ2) is 7.82. The minimum atomic E-state index is -4.45. The molecule has 1 aromatic heterocycles. The minimum Gasteiger partial charge on any atom is -0.369 e. The molecule has 0 N–H and O–H groups in total. The van der Waals surface area contributed by atoms with E-state index in [0.29, 0.717) is 16.7 Å². The first kappa shape index (κ1) is 22.7. The number of rotatable bonds is 3. The third-order valence-electron chi connectivity index (χ3n) is 5.72. The molecule has 1 aliphatic rings. The van der Waals surface area contributed by atoms with Crippen LogP contribution in [-0.2, 0) is 30.3 Å². The first-order chi connectivity index (χ1) is 14.9. The van der Waals surface area contributed by atoms with Crippen LogP contribution in [0.15, 0.2) is 46.1 Å². The Labute approximate surface area is 187 Å². The molecule has 1 fully saturated rings. The predicted octanol–water partition coefficient (Wildman–Crippen LogP) is 3.06. The molecule has 4 rings (SSSR count). The van der Waals surface area contributed by atoms with Gasteiger partial charge in [-0.1, -0.05) is 17.7 Å². The fourth-order valence-electron chi connectivity index (χ4n) is 3.90. The van der Waals surface area contributed by atoms with Crippen LogP contribution in [0, 0.1) is 0 Å². The van der Waals surface area contributed by atoms with Crippen molar-refractivity contribution in [3.05, 3.63) is 57.5 Å². The largest absolute Gasteiger partial charge is 0.416 e. The number of halogens is 4. The van der Waals surface area contributed by atoms with Gasteiger partial charge in [-0.15, -0.1) is 0 Å². The lowest BCUT2D eigenvalue weighted by atomic mass is 10.1. The zero-order valence-electron chi connectivity index (χ0n) is 17.2. The van der Waals surface area contributed by atoms with Crippen LogP contribution < -0.4 is 10.6 Å². The number of hydrogen-bond donors (Lipinski definition) is 0. The number of hydrogen-bond acceptors (Lipinski definition) is 4. The van der Waals surface area contributed by atoms with E-state index in [1.807, 2.05) is 0 Å². The van der Waals surface area contributed by atoms with Gasteiger partial charge in [-0.3, -0.25) is 9.13 Å². The molecule has 0 spiro atoms. The van der Waals surface area contributed by atoms with E-state index in [2.05, 4.69) is 0 Å². The van der Waals surface area contributed by atoms with Crippen molar-refractivity contribution in [3.8, 4) is 0 Å². The first-order valence-corrected chi connectivity index (χ1v) is 11.5. The summed E-state index contributed by atoms with van der Waals surface area (Å²) in [6.45, 7) is 0.621. The van der Waals surface area contributed by atoms with E-state index in [1.54, 1.807) is 25.1 Å². The summed E-state index contributed by atoms with van der Waals surface area (Å²) in [6.07, 6.45) is -4.45. The van der Waals surface area contributed by atoms with Gasteiger partial charge in [-0.25, -0.2) is 13.2 Å². The van der Waals surface area contributed by atoms with E-state index in [4.69, 9.17) is 11.6 Å². The summed E-state index contributed by atoms with van der Waals surface area (Å²) in [5, 5.41) is -0.000919. The summed E-state index contributed by atoms with van der Waals surface area (Å²) in [5.41, 5.74) is 0.272. The Balaban J connectivity index is 1.59. The van der Waals surface area contributed by atoms with Crippen LogP contribution in [0.5, 0.6) is 0 Å². The average molecular weight is 489 g/mol. The Hall–Kier alpha value is -2.50. The van der Waals surface area contributed by atoms with Gasteiger partial charge in [0.05, 0.1) is 21.6 Å². The van der Waals surface area contributed by atoms with Crippen molar-refractivity contribution < 1.29 is 21.6 Å². The predicted molar refractivity (Wildman–Crippen MR) is 116 cm³/mol. The molecule has 3 aromatic rings. The molecule has 0 saturated carbocycles. The lowest BCUT2D eigenvalue weighted by Gasteiger charge is -2.35. The molecule has 0 amide bonds. The third kappa shape index (κ3) is 3.78. The molecule has 0 atom stereocenters. The van der Waals surface area contributed by atoms with Crippen molar-refractivity contribution in [3.63, 3.8) is 0 Å². The zero-order valence-corrected chi connectivity index (χ0v) is 18.8. The second-order valence-electron chi connectivity index (χ2n) is 7.61. The van der Waals surface area contributed by atoms with Crippen molar-refractivity contribution in [1.82, 2.24) is 13.4 Å². The molecule has 1 saturated heterocycles. The number of piperazine rings is 1. The maximum Gasteiger partial charge on any atom is 0.416 e. The molecule has 32 heavy (non-hydrogen) atoms. The molecule has 0 aliphatic carbocycles. The highest BCUT2D eigenvalue weighted by molar-refractivity contribution is 7.89. The number of benzene rings is 2. The van der Waals surface area contributed by atoms with Crippen molar-refractivity contribution in [2.45, 2.75) is 11.1 Å². The Morgan fingerprint density at radius 3 is 2.12 bits per heavy atom. The minimum absolute atomic E-state index is 0.000919. The SMILES string of the molecule is Cn1c(=O)n(C)c2cc(S(=O)(=O)N3CCN(c4cccc(C(F)(F)F)c4)CC3)c(Cl)cc21. The van der Waals surface area contributed by atoms with Crippen molar-refractivity contribution in [2.75, 3.05) is 31.1 Å². The highest BCUT2D eigenvalue weighted by Crippen LogP contribution is 2.33. The number of anilines is 1. The Morgan fingerprint density at radius 1 is 0.938 bits per heavy atom. The van der Waals surface area contributed by atoms with Gasteiger partial charge in [0, 0.05) is 46.0 Å². The maximum atomic E-state index is 13.3. The quantitative estimate of drug-likeness (QED) is 0.568. The maximum absolute atomic E-state index is 13.3. The summed E-state index contributed by atoms with van der Waals surface area (Å²) in [7, 11) is -0.855. The monoisotopic (exact) mass is 488 g/mol. The van der Waals surface area contributed by atoms with Crippen LogP contribution in [0.1, 0.15) is 5.56 Å². The summed E-state index contributed by atoms with van der Waals surface area (Å²) < 4.78 is 69.5. The highest BCUT2D eigenvalue weighted by atomic mass is 35.5. The van der Waals surface area contributed by atoms with Crippen LogP contribution in [-0.4, -0.2) is 48.0 Å². The summed E-state index contributed by atoms with van der Waals surface area (Å²) in [4.78, 5) is 13.8. The van der Waals surface area contributed by atoms with E-state index < -0.39 is 21.8 Å². The molecular formula is C20H20ClF3N4O3S. The Bertz CT molecular complexity index is 1360. The van der Waals surface area contributed by atoms with Crippen molar-refractivity contribution in [2.24, 2.45) is 14.1 Å². The molecule has 2 heterocycles. The van der Waals surface area contributed by atoms with Crippen LogP contribution in [0.3, 0.4) is 0 Å². The molecule has 0 radical (unpaired) electrons. The summed E-state index contributed by atoms with van der Waals surface area (Å²) in [5.74, 6) is 0. The van der Waals surface area contributed by atoms with E-state index in [0.717, 1.165) is 12.1 Å². The number of alkyl halides is 3. The number of sulfonamides is 1. The molecule has 1 aliphatic heterocycles. The summed E-state index contributed by atoms with van der Waals surface area (Å²) in [6, 6.07) is 7.79. The van der Waals surface area contributed by atoms with Gasteiger partial charge in [0.1, 0.15) is 4.90 Å². The molecular weight excluding hydrogens is 469 g/mol. The van der Waals surface area contributed by atoms with Gasteiger partial charge in [-0.05, 0) is 30.3 Å². The van der Waals surface area contributed by atoms with E-state index in [-0.39, 0.29) is 41.8 Å². The van der Waals surface area contributed by atoms with Gasteiger partial charge in [-0.2, -0.15) is 17.5 Å². The highest BCUT2D eigenvalue weighted by Gasteiger charge is 2.33. The third-order valence-corrected chi connectivity index (χ3v) is 8.08. The second-order valence-corrected chi connectivity index (χ2v) is 9.92. The standard InChI is InChI=1S/C20H20ClF3N4O3S/c1-25-16-11-15(21)18(12-17(16)26(2)19(25)29)32(30,31)28-8-6-27(7-9-28)14-5-3-4-13(10-14)20(22,23)24/h3-5,10-12H,6-9H2,1-2H3. The summed E-state index contributed by atoms with van der Waals surface area (Å²) >= 11 is 6.28. The molecule has 2 aromatic carbocycles. The van der Waals surface area contributed by atoms with Gasteiger partial charge in [0.25, 0.3) is 0 Å². The number of imidazole rings is 1. The van der Waals surface area contributed by atoms with Crippen LogP contribution in [0.2, 0.25) is 5.02 Å². The topological polar surface area (TPSA) is 67.5 Å². The molecule has 7 nitrogen and oxygen atoms in total. The van der Waals surface area contributed by atoms with Crippen LogP contribution in [0.25, 0.3) is 11.0 Å². The molecule has 12 heteroatoms. The van der Waals surface area contributed by atoms with Crippen molar-refractivity contribution in [1.29, 1.82) is 0 Å². The van der Waals surface area contributed by atoms with Gasteiger partial charge in [0.2, 0.25) is 10.0 Å². The van der Waals surface area contributed by atoms with E-state index >= 15 is 0 Å². The van der Waals surface area contributed by atoms with Crippen LogP contribution in [0.4, 0.5) is 18.9 Å². The van der Waals surface area contributed by atoms with Gasteiger partial charge < -0.3 is 4.90 Å².